The van der Waals surface area contributed by atoms with E-state index in [2.05, 4.69) is 5.16 Å². The Bertz CT molecular complexity index is 827. The van der Waals surface area contributed by atoms with Crippen molar-refractivity contribution in [2.24, 2.45) is 5.16 Å². The maximum absolute atomic E-state index is 12.6. The molecule has 0 saturated heterocycles. The van der Waals surface area contributed by atoms with Crippen molar-refractivity contribution < 1.29 is 18.4 Å². The lowest BCUT2D eigenvalue weighted by Gasteiger charge is -2.19. The van der Waals surface area contributed by atoms with Gasteiger partial charge in [-0.2, -0.15) is 4.31 Å². The average Bonchev–Trinajstić information content (AvgIpc) is 2.55. The van der Waals surface area contributed by atoms with Crippen molar-refractivity contribution in [3.63, 3.8) is 0 Å². The van der Waals surface area contributed by atoms with E-state index >= 15 is 0 Å². The van der Waals surface area contributed by atoms with Gasteiger partial charge in [0.05, 0.1) is 18.2 Å². The predicted octanol–water partition coefficient (Wildman–Crippen LogP) is 2.69. The fourth-order valence-electron chi connectivity index (χ4n) is 2.55. The van der Waals surface area contributed by atoms with E-state index in [0.29, 0.717) is 24.4 Å². The van der Waals surface area contributed by atoms with Gasteiger partial charge in [-0.05, 0) is 29.0 Å². The van der Waals surface area contributed by atoms with E-state index in [1.807, 2.05) is 13.8 Å². The van der Waals surface area contributed by atoms with E-state index < -0.39 is 10.0 Å². The molecule has 0 aromatic heterocycles. The van der Waals surface area contributed by atoms with Gasteiger partial charge in [-0.3, -0.25) is 0 Å². The molecule has 2 aromatic rings. The van der Waals surface area contributed by atoms with Crippen LogP contribution in [-0.4, -0.2) is 44.3 Å². The molecule has 0 heterocycles. The molecule has 7 heteroatoms. The molecule has 2 aromatic carbocycles. The number of nitrogens with zero attached hydrogens (tertiary/aromatic N) is 2. The molecule has 23 heavy (non-hydrogen) atoms. The maximum Gasteiger partial charge on any atom is 0.243 e. The Hall–Kier alpha value is -2.12. The summed E-state index contributed by atoms with van der Waals surface area (Å²) in [6, 6.07) is 8.38. The molecule has 0 radical (unpaired) electrons. The van der Waals surface area contributed by atoms with Gasteiger partial charge < -0.3 is 9.94 Å². The highest BCUT2D eigenvalue weighted by atomic mass is 32.2. The summed E-state index contributed by atoms with van der Waals surface area (Å²) in [5.41, 5.74) is 0.597. The minimum Gasteiger partial charge on any atom is -0.496 e. The normalized spacial score (nSPS) is 12.3. The lowest BCUT2D eigenvalue weighted by atomic mass is 10.0. The number of oxime groups is 1. The number of rotatable bonds is 6. The lowest BCUT2D eigenvalue weighted by molar-refractivity contribution is 0.321. The van der Waals surface area contributed by atoms with Crippen LogP contribution < -0.4 is 4.74 Å². The van der Waals surface area contributed by atoms with Gasteiger partial charge in [0.25, 0.3) is 0 Å². The Morgan fingerprint density at radius 2 is 1.91 bits per heavy atom. The highest BCUT2D eigenvalue weighted by Crippen LogP contribution is 2.29. The molecule has 124 valence electrons. The molecular weight excluding hydrogens is 316 g/mol. The highest BCUT2D eigenvalue weighted by Gasteiger charge is 2.22. The van der Waals surface area contributed by atoms with Crippen molar-refractivity contribution in [1.82, 2.24) is 4.31 Å². The SMILES string of the molecule is CCN(CC)S(=O)(=O)c1ccc2c(/C=N/O)c(OC)ccc2c1. The molecular formula is C16H20N2O4S. The van der Waals surface area contributed by atoms with Crippen LogP contribution in [0.2, 0.25) is 0 Å². The van der Waals surface area contributed by atoms with Gasteiger partial charge in [-0.15, -0.1) is 0 Å². The highest BCUT2D eigenvalue weighted by molar-refractivity contribution is 7.89. The minimum atomic E-state index is -3.51. The number of fused-ring (bicyclic) bond motifs is 1. The topological polar surface area (TPSA) is 79.2 Å². The molecule has 0 aliphatic rings. The predicted molar refractivity (Wildman–Crippen MR) is 90.0 cm³/mol. The summed E-state index contributed by atoms with van der Waals surface area (Å²) in [6.07, 6.45) is 1.28. The Morgan fingerprint density at radius 3 is 2.48 bits per heavy atom. The van der Waals surface area contributed by atoms with Gasteiger partial charge in [0.2, 0.25) is 10.0 Å². The second kappa shape index (κ2) is 6.97. The van der Waals surface area contributed by atoms with Crippen molar-refractivity contribution in [3.8, 4) is 5.75 Å². The molecule has 0 fully saturated rings. The van der Waals surface area contributed by atoms with Crippen LogP contribution in [0.15, 0.2) is 40.4 Å². The summed E-state index contributed by atoms with van der Waals surface area (Å²) in [7, 11) is -1.99. The zero-order valence-corrected chi connectivity index (χ0v) is 14.2. The van der Waals surface area contributed by atoms with Gasteiger partial charge in [0.1, 0.15) is 5.75 Å². The second-order valence-electron chi connectivity index (χ2n) is 4.90. The first kappa shape index (κ1) is 17.2. The molecule has 0 aliphatic heterocycles. The zero-order valence-electron chi connectivity index (χ0n) is 13.4. The smallest absolute Gasteiger partial charge is 0.243 e. The molecule has 2 rings (SSSR count). The zero-order chi connectivity index (χ0) is 17.0. The van der Waals surface area contributed by atoms with Crippen LogP contribution in [0.5, 0.6) is 5.75 Å². The van der Waals surface area contributed by atoms with Gasteiger partial charge >= 0.3 is 0 Å². The Balaban J connectivity index is 2.65. The Kier molecular flexibility index (Phi) is 5.23. The largest absolute Gasteiger partial charge is 0.496 e. The lowest BCUT2D eigenvalue weighted by Crippen LogP contribution is -2.30. The molecule has 0 spiro atoms. The van der Waals surface area contributed by atoms with Crippen molar-refractivity contribution >= 4 is 27.0 Å². The number of benzene rings is 2. The van der Waals surface area contributed by atoms with Gasteiger partial charge in [-0.1, -0.05) is 31.1 Å². The van der Waals surface area contributed by atoms with E-state index in [9.17, 15) is 8.42 Å². The first-order chi connectivity index (χ1) is 11.0. The Labute approximate surface area is 136 Å². The van der Waals surface area contributed by atoms with Crippen LogP contribution in [0.3, 0.4) is 0 Å². The summed E-state index contributed by atoms with van der Waals surface area (Å²) in [6.45, 7) is 4.45. The molecule has 0 saturated carbocycles. The van der Waals surface area contributed by atoms with Crippen LogP contribution >= 0.6 is 0 Å². The number of hydrogen-bond donors (Lipinski definition) is 1. The molecule has 0 amide bonds. The number of ether oxygens (including phenoxy) is 1. The molecule has 0 bridgehead atoms. The molecule has 0 unspecified atom stereocenters. The minimum absolute atomic E-state index is 0.241. The Morgan fingerprint density at radius 1 is 1.22 bits per heavy atom. The third-order valence-corrected chi connectivity index (χ3v) is 5.79. The summed E-state index contributed by atoms with van der Waals surface area (Å²) in [4.78, 5) is 0.241. The fraction of sp³-hybridized carbons (Fsp3) is 0.312. The molecule has 0 atom stereocenters. The quantitative estimate of drug-likeness (QED) is 0.500. The summed E-state index contributed by atoms with van der Waals surface area (Å²) < 4.78 is 31.9. The molecule has 1 N–H and O–H groups in total. The van der Waals surface area contributed by atoms with Crippen LogP contribution in [0.4, 0.5) is 0 Å². The van der Waals surface area contributed by atoms with Crippen molar-refractivity contribution in [1.29, 1.82) is 0 Å². The van der Waals surface area contributed by atoms with Crippen LogP contribution in [0.1, 0.15) is 19.4 Å². The van der Waals surface area contributed by atoms with E-state index in [1.54, 1.807) is 30.3 Å². The molecule has 6 nitrogen and oxygen atoms in total. The third kappa shape index (κ3) is 3.16. The van der Waals surface area contributed by atoms with E-state index in [1.165, 1.54) is 17.6 Å². The fourth-order valence-corrected chi connectivity index (χ4v) is 4.05. The summed E-state index contributed by atoms with van der Waals surface area (Å²) in [5, 5.41) is 13.4. The van der Waals surface area contributed by atoms with E-state index in [4.69, 9.17) is 9.94 Å². The second-order valence-corrected chi connectivity index (χ2v) is 6.84. The number of hydrogen-bond acceptors (Lipinski definition) is 5. The van der Waals surface area contributed by atoms with Gasteiger partial charge in [0.15, 0.2) is 0 Å². The van der Waals surface area contributed by atoms with Gasteiger partial charge in [-0.25, -0.2) is 8.42 Å². The van der Waals surface area contributed by atoms with Gasteiger partial charge in [0, 0.05) is 18.7 Å². The van der Waals surface area contributed by atoms with Crippen molar-refractivity contribution in [2.75, 3.05) is 20.2 Å². The summed E-state index contributed by atoms with van der Waals surface area (Å²) >= 11 is 0. The third-order valence-electron chi connectivity index (χ3n) is 3.74. The number of sulfonamides is 1. The van der Waals surface area contributed by atoms with E-state index in [0.717, 1.165) is 10.8 Å². The van der Waals surface area contributed by atoms with Crippen LogP contribution in [0, 0.1) is 0 Å². The standard InChI is InChI=1S/C16H20N2O4S/c1-4-18(5-2)23(20,21)13-7-8-14-12(10-13)6-9-16(22-3)15(14)11-17-19/h6-11,19H,4-5H2,1-3H3/b17-11+. The number of methoxy groups -OCH3 is 1. The monoisotopic (exact) mass is 336 g/mol. The van der Waals surface area contributed by atoms with Crippen molar-refractivity contribution in [3.05, 3.63) is 35.9 Å². The van der Waals surface area contributed by atoms with Crippen LogP contribution in [-0.2, 0) is 10.0 Å². The van der Waals surface area contributed by atoms with Crippen molar-refractivity contribution in [2.45, 2.75) is 18.7 Å². The molecule has 0 aliphatic carbocycles. The first-order valence-corrected chi connectivity index (χ1v) is 8.71. The first-order valence-electron chi connectivity index (χ1n) is 7.27. The van der Waals surface area contributed by atoms with E-state index in [-0.39, 0.29) is 4.90 Å². The average molecular weight is 336 g/mol. The maximum atomic E-state index is 12.6. The van der Waals surface area contributed by atoms with Crippen LogP contribution in [0.25, 0.3) is 10.8 Å². The summed E-state index contributed by atoms with van der Waals surface area (Å²) in [5.74, 6) is 0.551.